The molecule has 0 aliphatic carbocycles. The van der Waals surface area contributed by atoms with Crippen molar-refractivity contribution in [3.05, 3.63) is 24.3 Å². The maximum absolute atomic E-state index is 13.0. The second kappa shape index (κ2) is 24.6. The fraction of sp³-hybridized carbons (Fsp3) is 0.757. The van der Waals surface area contributed by atoms with E-state index in [2.05, 4.69) is 21.3 Å². The lowest BCUT2D eigenvalue weighted by atomic mass is 9.81. The van der Waals surface area contributed by atoms with Crippen molar-refractivity contribution in [2.45, 2.75) is 132 Å². The number of unbranched alkanes of at least 4 members (excludes halogenated alkanes) is 1. The predicted octanol–water partition coefficient (Wildman–Crippen LogP) is -0.170. The maximum Gasteiger partial charge on any atom is 0.239 e. The molecule has 0 aromatic heterocycles. The molecule has 0 bridgehead atoms. The minimum atomic E-state index is -1.86. The van der Waals surface area contributed by atoms with E-state index in [1.165, 1.54) is 12.2 Å². The molecule has 1 aromatic carbocycles. The largest absolute Gasteiger partial charge is 0.394 e. The number of hydrogen-bond acceptors (Lipinski definition) is 16. The normalized spacial score (nSPS) is 25.7. The first kappa shape index (κ1) is 48.1. The standard InChI is InChI=1S/C37H62N4O13S2/c1-3-13-37(2,21-40-30(48)18-39-28(46)10-5-4-9-24-12-15-55-56-24)14-11-29(47)41-23-8-6-7-22(16-23)38-17-25(44)31(49)35(26(45)19-42)54-36-34(52)33(51)32(50)27(20-43)53-36/h6-8,16,24-27,31-36,38,42-45,49-52H,3-5,9-15,17-21H2,1-2H3,(H,39,46)(H,40,48)(H,41,47). The summed E-state index contributed by atoms with van der Waals surface area (Å²) in [7, 11) is 3.84. The summed E-state index contributed by atoms with van der Waals surface area (Å²) >= 11 is 0. The molecular formula is C37H62N4O13S2. The molecule has 11 atom stereocenters. The van der Waals surface area contributed by atoms with E-state index < -0.39 is 68.3 Å². The monoisotopic (exact) mass is 834 g/mol. The fourth-order valence-electron chi connectivity index (χ4n) is 6.51. The molecule has 2 aliphatic rings. The summed E-state index contributed by atoms with van der Waals surface area (Å²) in [6, 6.07) is 6.59. The Morgan fingerprint density at radius 2 is 1.70 bits per heavy atom. The number of aliphatic hydroxyl groups excluding tert-OH is 8. The molecule has 11 unspecified atom stereocenters. The Balaban J connectivity index is 1.44. The van der Waals surface area contributed by atoms with E-state index in [0.717, 1.165) is 32.1 Å². The number of rotatable bonds is 25. The molecule has 2 aliphatic heterocycles. The summed E-state index contributed by atoms with van der Waals surface area (Å²) in [5.74, 6) is 0.514. The lowest BCUT2D eigenvalue weighted by Crippen LogP contribution is -2.61. The van der Waals surface area contributed by atoms with Gasteiger partial charge in [-0.15, -0.1) is 0 Å². The van der Waals surface area contributed by atoms with Crippen LogP contribution in [0.25, 0.3) is 0 Å². The van der Waals surface area contributed by atoms with Crippen molar-refractivity contribution < 1.29 is 64.7 Å². The Morgan fingerprint density at radius 3 is 2.38 bits per heavy atom. The van der Waals surface area contributed by atoms with Crippen LogP contribution in [-0.2, 0) is 23.9 Å². The van der Waals surface area contributed by atoms with Crippen molar-refractivity contribution in [3.8, 4) is 0 Å². The van der Waals surface area contributed by atoms with Gasteiger partial charge in [-0.25, -0.2) is 0 Å². The van der Waals surface area contributed by atoms with Gasteiger partial charge in [0.2, 0.25) is 17.7 Å². The van der Waals surface area contributed by atoms with E-state index in [4.69, 9.17) is 9.47 Å². The van der Waals surface area contributed by atoms with Crippen molar-refractivity contribution >= 4 is 50.7 Å². The van der Waals surface area contributed by atoms with Crippen LogP contribution in [-0.4, -0.2) is 158 Å². The van der Waals surface area contributed by atoms with Crippen LogP contribution in [0, 0.1) is 5.41 Å². The van der Waals surface area contributed by atoms with Crippen LogP contribution in [0.5, 0.6) is 0 Å². The minimum Gasteiger partial charge on any atom is -0.394 e. The van der Waals surface area contributed by atoms with E-state index in [-0.39, 0.29) is 42.6 Å². The zero-order valence-electron chi connectivity index (χ0n) is 32.1. The first-order valence-electron chi connectivity index (χ1n) is 19.3. The lowest BCUT2D eigenvalue weighted by Gasteiger charge is -2.42. The second-order valence-corrected chi connectivity index (χ2v) is 17.6. The van der Waals surface area contributed by atoms with Gasteiger partial charge in [0.25, 0.3) is 0 Å². The molecule has 3 amide bonds. The van der Waals surface area contributed by atoms with E-state index >= 15 is 0 Å². The van der Waals surface area contributed by atoms with Crippen molar-refractivity contribution in [1.29, 1.82) is 0 Å². The average Bonchev–Trinajstić information content (AvgIpc) is 3.71. The molecule has 2 fully saturated rings. The summed E-state index contributed by atoms with van der Waals surface area (Å²) in [6.07, 6.45) is -8.57. The number of ether oxygens (including phenoxy) is 2. The number of hydrogen-bond donors (Lipinski definition) is 12. The van der Waals surface area contributed by atoms with Crippen LogP contribution < -0.4 is 21.3 Å². The summed E-state index contributed by atoms with van der Waals surface area (Å²) < 4.78 is 10.7. The summed E-state index contributed by atoms with van der Waals surface area (Å²) in [5, 5.41) is 93.3. The van der Waals surface area contributed by atoms with Gasteiger partial charge in [0.15, 0.2) is 6.29 Å². The number of anilines is 2. The van der Waals surface area contributed by atoms with Crippen LogP contribution >= 0.6 is 21.6 Å². The third kappa shape index (κ3) is 15.8. The first-order chi connectivity index (χ1) is 26.7. The van der Waals surface area contributed by atoms with Crippen LogP contribution in [0.2, 0.25) is 0 Å². The van der Waals surface area contributed by atoms with Gasteiger partial charge in [0, 0.05) is 48.3 Å². The third-order valence-corrected chi connectivity index (χ3v) is 13.0. The van der Waals surface area contributed by atoms with Gasteiger partial charge in [-0.05, 0) is 55.7 Å². The number of aliphatic hydroxyl groups is 8. The molecule has 320 valence electrons. The lowest BCUT2D eigenvalue weighted by molar-refractivity contribution is -0.326. The van der Waals surface area contributed by atoms with Gasteiger partial charge in [-0.3, -0.25) is 14.4 Å². The van der Waals surface area contributed by atoms with Crippen molar-refractivity contribution in [3.63, 3.8) is 0 Å². The Morgan fingerprint density at radius 1 is 0.946 bits per heavy atom. The van der Waals surface area contributed by atoms with Crippen LogP contribution in [0.3, 0.4) is 0 Å². The van der Waals surface area contributed by atoms with Gasteiger partial charge < -0.3 is 71.6 Å². The SMILES string of the molecule is CCCC(C)(CCC(=O)Nc1cccc(NCC(O)C(O)C(OC2OC(CO)C(O)C(O)C2O)C(O)CO)c1)CNC(=O)CNC(=O)CCCCC1CCSS1. The zero-order chi connectivity index (χ0) is 41.3. The Labute approximate surface area is 336 Å². The molecular weight excluding hydrogens is 773 g/mol. The van der Waals surface area contributed by atoms with E-state index in [0.29, 0.717) is 36.0 Å². The number of nitrogens with one attached hydrogen (secondary N) is 4. The van der Waals surface area contributed by atoms with Gasteiger partial charge in [0.05, 0.1) is 25.9 Å². The van der Waals surface area contributed by atoms with Gasteiger partial charge in [-0.1, -0.05) is 54.3 Å². The molecule has 56 heavy (non-hydrogen) atoms. The van der Waals surface area contributed by atoms with Crippen LogP contribution in [0.1, 0.15) is 71.6 Å². The van der Waals surface area contributed by atoms with E-state index in [9.17, 15) is 55.2 Å². The maximum atomic E-state index is 13.0. The number of carbonyl (C=O) groups is 3. The van der Waals surface area contributed by atoms with Crippen molar-refractivity contribution in [2.24, 2.45) is 5.41 Å². The highest BCUT2D eigenvalue weighted by Gasteiger charge is 2.46. The van der Waals surface area contributed by atoms with Crippen LogP contribution in [0.4, 0.5) is 11.4 Å². The molecule has 17 nitrogen and oxygen atoms in total. The molecule has 0 saturated carbocycles. The van der Waals surface area contributed by atoms with Gasteiger partial charge in [-0.2, -0.15) is 0 Å². The highest BCUT2D eigenvalue weighted by Crippen LogP contribution is 2.40. The average molecular weight is 835 g/mol. The van der Waals surface area contributed by atoms with Crippen molar-refractivity contribution in [2.75, 3.05) is 49.2 Å². The molecule has 2 saturated heterocycles. The summed E-state index contributed by atoms with van der Waals surface area (Å²) in [4.78, 5) is 37.8. The summed E-state index contributed by atoms with van der Waals surface area (Å²) in [5.41, 5.74) is 0.541. The molecule has 3 rings (SSSR count). The first-order valence-corrected chi connectivity index (χ1v) is 21.6. The van der Waals surface area contributed by atoms with E-state index in [1.54, 1.807) is 24.3 Å². The molecule has 2 heterocycles. The Hall–Kier alpha value is -2.27. The molecule has 12 N–H and O–H groups in total. The molecule has 19 heteroatoms. The number of amides is 3. The quantitative estimate of drug-likeness (QED) is 0.0450. The van der Waals surface area contributed by atoms with Crippen molar-refractivity contribution in [1.82, 2.24) is 10.6 Å². The third-order valence-electron chi connectivity index (χ3n) is 9.97. The second-order valence-electron chi connectivity index (χ2n) is 14.8. The Kier molecular flexibility index (Phi) is 21.1. The highest BCUT2D eigenvalue weighted by atomic mass is 33.1. The topological polar surface area (TPSA) is 280 Å². The zero-order valence-corrected chi connectivity index (χ0v) is 33.8. The van der Waals surface area contributed by atoms with Gasteiger partial charge >= 0.3 is 0 Å². The molecule has 0 spiro atoms. The van der Waals surface area contributed by atoms with Gasteiger partial charge in [0.1, 0.15) is 42.7 Å². The fourth-order valence-corrected chi connectivity index (χ4v) is 9.54. The smallest absolute Gasteiger partial charge is 0.239 e. The Bertz CT molecular complexity index is 1350. The van der Waals surface area contributed by atoms with Crippen LogP contribution in [0.15, 0.2) is 24.3 Å². The molecule has 1 aromatic rings. The number of carbonyl (C=O) groups excluding carboxylic acids is 3. The predicted molar refractivity (Wildman–Crippen MR) is 212 cm³/mol. The van der Waals surface area contributed by atoms with E-state index in [1.807, 2.05) is 35.4 Å². The molecule has 0 radical (unpaired) electrons. The minimum absolute atomic E-state index is 0.0991. The highest BCUT2D eigenvalue weighted by molar-refractivity contribution is 8.77. The number of benzene rings is 1. The summed E-state index contributed by atoms with van der Waals surface area (Å²) in [6.45, 7) is 2.33.